The van der Waals surface area contributed by atoms with Gasteiger partial charge in [-0.3, -0.25) is 0 Å². The zero-order chi connectivity index (χ0) is 15.7. The molecule has 0 saturated heterocycles. The van der Waals surface area contributed by atoms with Crippen LogP contribution in [0.25, 0.3) is 0 Å². The topological polar surface area (TPSA) is 20.2 Å². The van der Waals surface area contributed by atoms with Crippen molar-refractivity contribution >= 4 is 25.9 Å². The summed E-state index contributed by atoms with van der Waals surface area (Å²) in [7, 11) is -1.81. The monoisotopic (exact) mass is 310 g/mol. The first kappa shape index (κ1) is 17.6. The van der Waals surface area contributed by atoms with Crippen LogP contribution in [0.2, 0.25) is 16.6 Å². The molecule has 0 aliphatic carbocycles. The van der Waals surface area contributed by atoms with E-state index in [9.17, 15) is 5.11 Å². The van der Waals surface area contributed by atoms with E-state index in [-0.39, 0.29) is 0 Å². The van der Waals surface area contributed by atoms with Gasteiger partial charge in [-0.2, -0.15) is 12.6 Å². The number of phenols is 1. The lowest BCUT2D eigenvalue weighted by Gasteiger charge is -2.44. The van der Waals surface area contributed by atoms with Crippen LogP contribution in [0.3, 0.4) is 0 Å². The molecule has 0 heterocycles. The molecule has 1 rings (SSSR count). The van der Waals surface area contributed by atoms with E-state index < -0.39 is 8.07 Å². The highest BCUT2D eigenvalue weighted by atomic mass is 32.1. The summed E-state index contributed by atoms with van der Waals surface area (Å²) in [5.74, 6) is 1.10. The number of hydrogen-bond donors (Lipinski definition) is 2. The van der Waals surface area contributed by atoms with Gasteiger partial charge in [0, 0.05) is 11.3 Å². The highest BCUT2D eigenvalue weighted by Crippen LogP contribution is 2.43. The van der Waals surface area contributed by atoms with E-state index in [0.29, 0.717) is 28.1 Å². The quantitative estimate of drug-likeness (QED) is 0.578. The van der Waals surface area contributed by atoms with Gasteiger partial charge >= 0.3 is 0 Å². The molecule has 114 valence electrons. The van der Waals surface area contributed by atoms with Gasteiger partial charge in [-0.15, -0.1) is 0 Å². The van der Waals surface area contributed by atoms with E-state index >= 15 is 0 Å². The first-order valence-corrected chi connectivity index (χ1v) is 10.5. The summed E-state index contributed by atoms with van der Waals surface area (Å²) in [5.41, 5.74) is 4.01. The van der Waals surface area contributed by atoms with Crippen molar-refractivity contribution in [1.29, 1.82) is 0 Å². The zero-order valence-corrected chi connectivity index (χ0v) is 15.9. The third-order valence-corrected chi connectivity index (χ3v) is 12.2. The average molecular weight is 311 g/mol. The van der Waals surface area contributed by atoms with Gasteiger partial charge in [-0.1, -0.05) is 59.2 Å². The Balaban J connectivity index is 3.70. The van der Waals surface area contributed by atoms with Crippen molar-refractivity contribution in [3.63, 3.8) is 0 Å². The van der Waals surface area contributed by atoms with Crippen molar-refractivity contribution < 1.29 is 5.11 Å². The Bertz CT molecular complexity index is 445. The van der Waals surface area contributed by atoms with Crippen LogP contribution in [0.4, 0.5) is 0 Å². The van der Waals surface area contributed by atoms with Gasteiger partial charge < -0.3 is 5.11 Å². The van der Waals surface area contributed by atoms with Gasteiger partial charge in [0.2, 0.25) is 0 Å². The van der Waals surface area contributed by atoms with Crippen molar-refractivity contribution in [3.05, 3.63) is 23.3 Å². The maximum atomic E-state index is 10.8. The number of thiol groups is 1. The Kier molecular flexibility index (Phi) is 5.79. The Hall–Kier alpha value is -0.413. The summed E-state index contributed by atoms with van der Waals surface area (Å²) in [6.07, 6.45) is 0. The molecule has 0 bridgehead atoms. The first-order valence-electron chi connectivity index (χ1n) is 7.63. The second-order valence-corrected chi connectivity index (χ2v) is 13.1. The molecular weight excluding hydrogens is 280 g/mol. The summed E-state index contributed by atoms with van der Waals surface area (Å²) in [4.78, 5) is 0. The number of aromatic hydroxyl groups is 1. The Labute approximate surface area is 131 Å². The fraction of sp³-hybridized carbons (Fsp3) is 0.647. The molecule has 1 nitrogen and oxygen atoms in total. The number of hydrogen-bond acceptors (Lipinski definition) is 2. The fourth-order valence-electron chi connectivity index (χ4n) is 4.24. The Morgan fingerprint density at radius 2 is 1.45 bits per heavy atom. The molecule has 1 aromatic rings. The molecule has 0 unspecified atom stereocenters. The van der Waals surface area contributed by atoms with Crippen LogP contribution >= 0.6 is 12.6 Å². The molecule has 0 atom stereocenters. The average Bonchev–Trinajstić information content (AvgIpc) is 2.32. The molecule has 0 saturated carbocycles. The summed E-state index contributed by atoms with van der Waals surface area (Å²) in [6.45, 7) is 16.1. The zero-order valence-electron chi connectivity index (χ0n) is 14.0. The van der Waals surface area contributed by atoms with Gasteiger partial charge in [0.25, 0.3) is 0 Å². The molecule has 0 radical (unpaired) electrons. The fourth-order valence-corrected chi connectivity index (χ4v) is 11.4. The highest BCUT2D eigenvalue weighted by Gasteiger charge is 2.46. The molecule has 0 aliphatic rings. The normalized spacial score (nSPS) is 12.8. The SMILES string of the molecule is Cc1cc(CS)c(O)c([Si](C(C)C)(C(C)C)C(C)C)c1. The van der Waals surface area contributed by atoms with Crippen LogP contribution in [-0.4, -0.2) is 13.2 Å². The number of benzene rings is 1. The van der Waals surface area contributed by atoms with Crippen molar-refractivity contribution in [2.75, 3.05) is 0 Å². The van der Waals surface area contributed by atoms with E-state index in [1.807, 2.05) is 0 Å². The predicted octanol–water partition coefficient (Wildman–Crippen LogP) is 5.02. The third-order valence-electron chi connectivity index (χ3n) is 4.84. The number of rotatable bonds is 5. The number of phenolic OH excluding ortho intramolecular Hbond substituents is 1. The molecular formula is C17H30OSSi. The lowest BCUT2D eigenvalue weighted by atomic mass is 10.1. The molecule has 1 N–H and O–H groups in total. The maximum Gasteiger partial charge on any atom is 0.118 e. The van der Waals surface area contributed by atoms with E-state index in [1.165, 1.54) is 10.8 Å². The Morgan fingerprint density at radius 1 is 1.00 bits per heavy atom. The second kappa shape index (κ2) is 6.57. The van der Waals surface area contributed by atoms with Gasteiger partial charge in [-0.05, 0) is 28.7 Å². The van der Waals surface area contributed by atoms with E-state index in [0.717, 1.165) is 5.56 Å². The number of aryl methyl sites for hydroxylation is 1. The van der Waals surface area contributed by atoms with E-state index in [2.05, 4.69) is 73.2 Å². The van der Waals surface area contributed by atoms with Gasteiger partial charge in [0.1, 0.15) is 5.75 Å². The molecule has 20 heavy (non-hydrogen) atoms. The molecule has 0 spiro atoms. The molecule has 0 amide bonds. The van der Waals surface area contributed by atoms with Gasteiger partial charge in [-0.25, -0.2) is 0 Å². The van der Waals surface area contributed by atoms with E-state index in [1.54, 1.807) is 0 Å². The van der Waals surface area contributed by atoms with Crippen LogP contribution in [0.1, 0.15) is 52.7 Å². The van der Waals surface area contributed by atoms with Crippen molar-refractivity contribution in [2.45, 2.75) is 70.8 Å². The summed E-state index contributed by atoms with van der Waals surface area (Å²) >= 11 is 4.38. The predicted molar refractivity (Wildman–Crippen MR) is 96.2 cm³/mol. The maximum absolute atomic E-state index is 10.8. The second-order valence-electron chi connectivity index (χ2n) is 6.88. The third kappa shape index (κ3) is 2.80. The van der Waals surface area contributed by atoms with E-state index in [4.69, 9.17) is 0 Å². The van der Waals surface area contributed by atoms with Crippen molar-refractivity contribution in [1.82, 2.24) is 0 Å². The molecule has 1 aromatic carbocycles. The minimum Gasteiger partial charge on any atom is -0.508 e. The molecule has 0 fully saturated rings. The highest BCUT2D eigenvalue weighted by molar-refractivity contribution is 7.79. The first-order chi connectivity index (χ1) is 9.19. The Morgan fingerprint density at radius 3 is 1.80 bits per heavy atom. The minimum atomic E-state index is -1.81. The van der Waals surface area contributed by atoms with Crippen molar-refractivity contribution in [2.24, 2.45) is 0 Å². The summed E-state index contributed by atoms with van der Waals surface area (Å²) < 4.78 is 0. The summed E-state index contributed by atoms with van der Waals surface area (Å²) in [5, 5.41) is 12.0. The van der Waals surface area contributed by atoms with Gasteiger partial charge in [0.15, 0.2) is 0 Å². The van der Waals surface area contributed by atoms with Crippen molar-refractivity contribution in [3.8, 4) is 5.75 Å². The molecule has 3 heteroatoms. The lowest BCUT2D eigenvalue weighted by Crippen LogP contribution is -2.55. The minimum absolute atomic E-state index is 0.508. The van der Waals surface area contributed by atoms with Crippen LogP contribution in [-0.2, 0) is 5.75 Å². The van der Waals surface area contributed by atoms with Crippen LogP contribution in [0.15, 0.2) is 12.1 Å². The van der Waals surface area contributed by atoms with Gasteiger partial charge in [0.05, 0.1) is 8.07 Å². The van der Waals surface area contributed by atoms with Crippen LogP contribution in [0, 0.1) is 6.92 Å². The lowest BCUT2D eigenvalue weighted by molar-refractivity contribution is 0.473. The smallest absolute Gasteiger partial charge is 0.118 e. The molecule has 0 aliphatic heterocycles. The molecule has 0 aromatic heterocycles. The van der Waals surface area contributed by atoms with Crippen LogP contribution < -0.4 is 5.19 Å². The largest absolute Gasteiger partial charge is 0.508 e. The summed E-state index contributed by atoms with van der Waals surface area (Å²) in [6, 6.07) is 4.29. The standard InChI is InChI=1S/C17H30OSSi/c1-11(2)20(12(3)4,13(5)6)16-9-14(7)8-15(10-19)17(16)18/h8-9,11-13,18-19H,10H2,1-7H3. The van der Waals surface area contributed by atoms with Crippen LogP contribution in [0.5, 0.6) is 5.75 Å².